The van der Waals surface area contributed by atoms with Crippen LogP contribution in [0.1, 0.15) is 26.3 Å². The van der Waals surface area contributed by atoms with E-state index in [2.05, 4.69) is 5.32 Å². The summed E-state index contributed by atoms with van der Waals surface area (Å²) in [6.07, 6.45) is 0. The molecule has 0 aliphatic rings. The second-order valence-electron chi connectivity index (χ2n) is 5.32. The topological polar surface area (TPSA) is 46.2 Å². The molecule has 0 saturated carbocycles. The molecule has 1 N–H and O–H groups in total. The number of hydrogen-bond acceptors (Lipinski definition) is 2. The Morgan fingerprint density at radius 2 is 1.48 bits per heavy atom. The van der Waals surface area contributed by atoms with Gasteiger partial charge in [0.25, 0.3) is 5.91 Å². The van der Waals surface area contributed by atoms with Gasteiger partial charge in [-0.15, -0.1) is 0 Å². The highest BCUT2D eigenvalue weighted by atomic mass is 35.5. The Kier molecular flexibility index (Phi) is 4.91. The van der Waals surface area contributed by atoms with Crippen molar-refractivity contribution in [1.82, 2.24) is 0 Å². The van der Waals surface area contributed by atoms with Crippen LogP contribution in [-0.4, -0.2) is 11.7 Å². The van der Waals surface area contributed by atoms with Crippen molar-refractivity contribution in [3.8, 4) is 0 Å². The maximum absolute atomic E-state index is 13.2. The normalized spacial score (nSPS) is 10.3. The van der Waals surface area contributed by atoms with Crippen molar-refractivity contribution in [3.05, 3.63) is 100 Å². The van der Waals surface area contributed by atoms with Crippen LogP contribution >= 0.6 is 11.6 Å². The van der Waals surface area contributed by atoms with Crippen molar-refractivity contribution >= 4 is 29.0 Å². The lowest BCUT2D eigenvalue weighted by molar-refractivity contribution is 0.0996. The van der Waals surface area contributed by atoms with Crippen molar-refractivity contribution < 1.29 is 14.0 Å². The third kappa shape index (κ3) is 3.75. The zero-order valence-corrected chi connectivity index (χ0v) is 13.8. The predicted octanol–water partition coefficient (Wildman–Crippen LogP) is 4.96. The van der Waals surface area contributed by atoms with Gasteiger partial charge in [0, 0.05) is 16.8 Å². The summed E-state index contributed by atoms with van der Waals surface area (Å²) in [5.41, 5.74) is 1.36. The van der Waals surface area contributed by atoms with Crippen molar-refractivity contribution in [3.63, 3.8) is 0 Å². The molecule has 0 spiro atoms. The number of carbonyl (C=O) groups is 2. The summed E-state index contributed by atoms with van der Waals surface area (Å²) in [6.45, 7) is 0. The SMILES string of the molecule is O=C(Nc1ccc(F)c(Cl)c1)c1ccccc1C(=O)c1ccccc1. The molecule has 1 amide bonds. The Bertz CT molecular complexity index is 941. The van der Waals surface area contributed by atoms with E-state index in [0.717, 1.165) is 0 Å². The lowest BCUT2D eigenvalue weighted by atomic mass is 9.98. The summed E-state index contributed by atoms with van der Waals surface area (Å²) in [7, 11) is 0. The van der Waals surface area contributed by atoms with Crippen LogP contribution in [-0.2, 0) is 0 Å². The molecule has 3 aromatic carbocycles. The number of carbonyl (C=O) groups excluding carboxylic acids is 2. The van der Waals surface area contributed by atoms with Crippen LogP contribution in [0, 0.1) is 5.82 Å². The molecule has 3 rings (SSSR count). The number of halogens is 2. The monoisotopic (exact) mass is 353 g/mol. The quantitative estimate of drug-likeness (QED) is 0.674. The van der Waals surface area contributed by atoms with E-state index < -0.39 is 11.7 Å². The van der Waals surface area contributed by atoms with Crippen molar-refractivity contribution in [2.75, 3.05) is 5.32 Å². The lowest BCUT2D eigenvalue weighted by Crippen LogP contribution is -2.17. The van der Waals surface area contributed by atoms with E-state index in [0.29, 0.717) is 16.8 Å². The summed E-state index contributed by atoms with van der Waals surface area (Å²) >= 11 is 5.72. The molecular weight excluding hydrogens is 341 g/mol. The molecule has 124 valence electrons. The first-order chi connectivity index (χ1) is 12.1. The fraction of sp³-hybridized carbons (Fsp3) is 0. The zero-order valence-electron chi connectivity index (χ0n) is 13.0. The standard InChI is InChI=1S/C20H13ClFNO2/c21-17-12-14(10-11-18(17)22)23-20(25)16-9-5-4-8-15(16)19(24)13-6-2-1-3-7-13/h1-12H,(H,23,25). The number of amides is 1. The van der Waals surface area contributed by atoms with E-state index in [4.69, 9.17) is 11.6 Å². The van der Waals surface area contributed by atoms with Gasteiger partial charge in [-0.2, -0.15) is 0 Å². The molecule has 0 unspecified atom stereocenters. The van der Waals surface area contributed by atoms with Crippen LogP contribution in [0.2, 0.25) is 5.02 Å². The molecule has 0 saturated heterocycles. The fourth-order valence-electron chi connectivity index (χ4n) is 2.40. The summed E-state index contributed by atoms with van der Waals surface area (Å²) in [4.78, 5) is 25.2. The number of hydrogen-bond donors (Lipinski definition) is 1. The highest BCUT2D eigenvalue weighted by Crippen LogP contribution is 2.21. The smallest absolute Gasteiger partial charge is 0.256 e. The lowest BCUT2D eigenvalue weighted by Gasteiger charge is -2.10. The number of benzene rings is 3. The summed E-state index contributed by atoms with van der Waals surface area (Å²) in [5, 5.41) is 2.54. The van der Waals surface area contributed by atoms with Crippen molar-refractivity contribution in [2.24, 2.45) is 0 Å². The Morgan fingerprint density at radius 1 is 0.840 bits per heavy atom. The average molecular weight is 354 g/mol. The highest BCUT2D eigenvalue weighted by molar-refractivity contribution is 6.31. The van der Waals surface area contributed by atoms with Gasteiger partial charge in [-0.05, 0) is 24.3 Å². The van der Waals surface area contributed by atoms with Crippen LogP contribution < -0.4 is 5.32 Å². The summed E-state index contributed by atoms with van der Waals surface area (Å²) < 4.78 is 13.2. The molecule has 0 aromatic heterocycles. The molecule has 0 heterocycles. The third-order valence-electron chi connectivity index (χ3n) is 3.63. The number of ketones is 1. The molecule has 0 bridgehead atoms. The molecule has 3 nitrogen and oxygen atoms in total. The highest BCUT2D eigenvalue weighted by Gasteiger charge is 2.18. The van der Waals surface area contributed by atoms with Gasteiger partial charge in [-0.1, -0.05) is 60.1 Å². The number of anilines is 1. The Hall–Kier alpha value is -2.98. The van der Waals surface area contributed by atoms with Gasteiger partial charge < -0.3 is 5.32 Å². The van der Waals surface area contributed by atoms with Crippen molar-refractivity contribution in [1.29, 1.82) is 0 Å². The maximum Gasteiger partial charge on any atom is 0.256 e. The van der Waals surface area contributed by atoms with E-state index >= 15 is 0 Å². The molecular formula is C20H13ClFNO2. The molecule has 0 aliphatic carbocycles. The van der Waals surface area contributed by atoms with Crippen molar-refractivity contribution in [2.45, 2.75) is 0 Å². The number of rotatable bonds is 4. The second-order valence-corrected chi connectivity index (χ2v) is 5.73. The van der Waals surface area contributed by atoms with Gasteiger partial charge >= 0.3 is 0 Å². The minimum absolute atomic E-state index is 0.0913. The Labute approximate surface area is 149 Å². The van der Waals surface area contributed by atoms with Gasteiger partial charge in [0.1, 0.15) is 5.82 Å². The Morgan fingerprint density at radius 3 is 2.16 bits per heavy atom. The van der Waals surface area contributed by atoms with Crippen LogP contribution in [0.15, 0.2) is 72.8 Å². The van der Waals surface area contributed by atoms with Gasteiger partial charge in [-0.25, -0.2) is 4.39 Å². The van der Waals surface area contributed by atoms with E-state index in [9.17, 15) is 14.0 Å². The fourth-order valence-corrected chi connectivity index (χ4v) is 2.58. The van der Waals surface area contributed by atoms with Gasteiger partial charge in [0.15, 0.2) is 5.78 Å². The third-order valence-corrected chi connectivity index (χ3v) is 3.92. The van der Waals surface area contributed by atoms with Crippen LogP contribution in [0.5, 0.6) is 0 Å². The first kappa shape index (κ1) is 16.9. The van der Waals surface area contributed by atoms with Crippen LogP contribution in [0.25, 0.3) is 0 Å². The van der Waals surface area contributed by atoms with E-state index in [-0.39, 0.29) is 16.4 Å². The second kappa shape index (κ2) is 7.28. The van der Waals surface area contributed by atoms with Gasteiger partial charge in [0.05, 0.1) is 10.6 Å². The van der Waals surface area contributed by atoms with E-state index in [1.165, 1.54) is 18.2 Å². The summed E-state index contributed by atoms with van der Waals surface area (Å²) in [6, 6.07) is 19.1. The molecule has 25 heavy (non-hydrogen) atoms. The van der Waals surface area contributed by atoms with Crippen LogP contribution in [0.4, 0.5) is 10.1 Å². The predicted molar refractivity (Wildman–Crippen MR) is 95.7 cm³/mol. The van der Waals surface area contributed by atoms with E-state index in [1.807, 2.05) is 6.07 Å². The molecule has 0 atom stereocenters. The van der Waals surface area contributed by atoms with Gasteiger partial charge in [-0.3, -0.25) is 9.59 Å². The van der Waals surface area contributed by atoms with Crippen LogP contribution in [0.3, 0.4) is 0 Å². The van der Waals surface area contributed by atoms with E-state index in [1.54, 1.807) is 48.5 Å². The minimum Gasteiger partial charge on any atom is -0.322 e. The minimum atomic E-state index is -0.570. The zero-order chi connectivity index (χ0) is 17.8. The molecule has 0 radical (unpaired) electrons. The first-order valence-corrected chi connectivity index (χ1v) is 7.89. The molecule has 0 fully saturated rings. The Balaban J connectivity index is 1.91. The average Bonchev–Trinajstić information content (AvgIpc) is 2.65. The molecule has 5 heteroatoms. The molecule has 0 aliphatic heterocycles. The number of nitrogens with one attached hydrogen (secondary N) is 1. The maximum atomic E-state index is 13.2. The van der Waals surface area contributed by atoms with Gasteiger partial charge in [0.2, 0.25) is 0 Å². The largest absolute Gasteiger partial charge is 0.322 e. The first-order valence-electron chi connectivity index (χ1n) is 7.51. The summed E-state index contributed by atoms with van der Waals surface area (Å²) in [5.74, 6) is -1.29. The molecule has 3 aromatic rings.